The lowest BCUT2D eigenvalue weighted by Gasteiger charge is -2.01. The van der Waals surface area contributed by atoms with Crippen LogP contribution in [-0.2, 0) is 0 Å². The van der Waals surface area contributed by atoms with Gasteiger partial charge >= 0.3 is 0 Å². The zero-order chi connectivity index (χ0) is 9.26. The summed E-state index contributed by atoms with van der Waals surface area (Å²) < 4.78 is 5.01. The lowest BCUT2D eigenvalue weighted by atomic mass is 10.1. The molecule has 0 atom stereocenters. The summed E-state index contributed by atoms with van der Waals surface area (Å²) in [6, 6.07) is 7.59. The Hall–Kier alpha value is -1.77. The zero-order valence-electron chi connectivity index (χ0n) is 7.32. The smallest absolute Gasteiger partial charge is 0.213 e. The van der Waals surface area contributed by atoms with Crippen LogP contribution in [0, 0.1) is 0 Å². The Morgan fingerprint density at radius 3 is 2.85 bits per heavy atom. The van der Waals surface area contributed by atoms with Crippen LogP contribution in [0.25, 0.3) is 10.8 Å². The summed E-state index contributed by atoms with van der Waals surface area (Å²) in [5.41, 5.74) is 6.38. The summed E-state index contributed by atoms with van der Waals surface area (Å²) in [6.45, 7) is 0. The van der Waals surface area contributed by atoms with Gasteiger partial charge in [-0.3, -0.25) is 0 Å². The molecule has 2 aromatic rings. The average Bonchev–Trinajstić information content (AvgIpc) is 2.17. The number of fused-ring (bicyclic) bond motifs is 1. The molecule has 0 radical (unpaired) electrons. The van der Waals surface area contributed by atoms with Crippen LogP contribution in [0.3, 0.4) is 0 Å². The van der Waals surface area contributed by atoms with Gasteiger partial charge in [-0.2, -0.15) is 0 Å². The van der Waals surface area contributed by atoms with E-state index in [1.54, 1.807) is 13.3 Å². The summed E-state index contributed by atoms with van der Waals surface area (Å²) in [6.07, 6.45) is 1.75. The van der Waals surface area contributed by atoms with Gasteiger partial charge in [0.25, 0.3) is 0 Å². The van der Waals surface area contributed by atoms with Crippen molar-refractivity contribution in [1.29, 1.82) is 0 Å². The molecule has 1 aromatic carbocycles. The highest BCUT2D eigenvalue weighted by atomic mass is 16.5. The molecule has 13 heavy (non-hydrogen) atoms. The first kappa shape index (κ1) is 7.86. The molecule has 0 saturated heterocycles. The zero-order valence-corrected chi connectivity index (χ0v) is 7.32. The molecule has 0 bridgehead atoms. The van der Waals surface area contributed by atoms with Crippen molar-refractivity contribution in [3.63, 3.8) is 0 Å². The first-order valence-corrected chi connectivity index (χ1v) is 3.99. The molecule has 0 aliphatic rings. The molecule has 0 unspecified atom stereocenters. The average molecular weight is 174 g/mol. The Morgan fingerprint density at radius 1 is 1.23 bits per heavy atom. The van der Waals surface area contributed by atoms with Gasteiger partial charge in [-0.15, -0.1) is 0 Å². The molecule has 0 aliphatic carbocycles. The highest BCUT2D eigenvalue weighted by molar-refractivity contribution is 5.85. The van der Waals surface area contributed by atoms with Crippen LogP contribution in [-0.4, -0.2) is 12.1 Å². The number of ether oxygens (including phenoxy) is 1. The molecule has 2 rings (SSSR count). The van der Waals surface area contributed by atoms with E-state index < -0.39 is 0 Å². The fraction of sp³-hybridized carbons (Fsp3) is 0.100. The molecule has 0 saturated carbocycles. The number of methoxy groups -OCH3 is 1. The first-order chi connectivity index (χ1) is 6.29. The number of aromatic nitrogens is 1. The number of nitrogens with two attached hydrogens (primary N) is 1. The van der Waals surface area contributed by atoms with Gasteiger partial charge in [-0.1, -0.05) is 6.07 Å². The second-order valence-corrected chi connectivity index (χ2v) is 2.83. The predicted molar refractivity (Wildman–Crippen MR) is 52.7 cm³/mol. The molecule has 0 spiro atoms. The number of anilines is 1. The third-order valence-corrected chi connectivity index (χ3v) is 1.93. The van der Waals surface area contributed by atoms with E-state index in [1.807, 2.05) is 24.3 Å². The van der Waals surface area contributed by atoms with Crippen molar-refractivity contribution in [1.82, 2.24) is 4.98 Å². The van der Waals surface area contributed by atoms with Crippen molar-refractivity contribution < 1.29 is 4.74 Å². The molecular formula is C10H10N2O. The van der Waals surface area contributed by atoms with Crippen LogP contribution >= 0.6 is 0 Å². The maximum absolute atomic E-state index is 5.64. The molecule has 1 aromatic heterocycles. The van der Waals surface area contributed by atoms with Crippen molar-refractivity contribution in [2.75, 3.05) is 12.8 Å². The Bertz CT molecular complexity index is 440. The van der Waals surface area contributed by atoms with Crippen LogP contribution in [0.1, 0.15) is 0 Å². The van der Waals surface area contributed by atoms with E-state index in [0.29, 0.717) is 5.88 Å². The number of nitrogens with zero attached hydrogens (tertiary/aromatic N) is 1. The fourth-order valence-electron chi connectivity index (χ4n) is 1.25. The maximum atomic E-state index is 5.64. The SMILES string of the molecule is COc1cc2ccc(N)cc2cn1. The number of pyridine rings is 1. The van der Waals surface area contributed by atoms with Crippen LogP contribution in [0.5, 0.6) is 5.88 Å². The van der Waals surface area contributed by atoms with Crippen LogP contribution in [0.15, 0.2) is 30.5 Å². The normalized spacial score (nSPS) is 10.2. The van der Waals surface area contributed by atoms with Gasteiger partial charge < -0.3 is 10.5 Å². The fourth-order valence-corrected chi connectivity index (χ4v) is 1.25. The van der Waals surface area contributed by atoms with Crippen LogP contribution in [0.2, 0.25) is 0 Å². The lowest BCUT2D eigenvalue weighted by molar-refractivity contribution is 0.399. The third kappa shape index (κ3) is 1.40. The van der Waals surface area contributed by atoms with Gasteiger partial charge in [0.05, 0.1) is 7.11 Å². The number of benzene rings is 1. The Morgan fingerprint density at radius 2 is 2.08 bits per heavy atom. The molecule has 3 nitrogen and oxygen atoms in total. The van der Waals surface area contributed by atoms with E-state index in [1.165, 1.54) is 0 Å². The van der Waals surface area contributed by atoms with Crippen molar-refractivity contribution in [3.05, 3.63) is 30.5 Å². The molecule has 3 heteroatoms. The highest BCUT2D eigenvalue weighted by Gasteiger charge is 1.97. The van der Waals surface area contributed by atoms with Gasteiger partial charge in [0, 0.05) is 23.3 Å². The minimum atomic E-state index is 0.622. The second kappa shape index (κ2) is 2.94. The largest absolute Gasteiger partial charge is 0.481 e. The Balaban J connectivity index is 2.66. The third-order valence-electron chi connectivity index (χ3n) is 1.93. The Labute approximate surface area is 76.2 Å². The summed E-state index contributed by atoms with van der Waals surface area (Å²) in [5.74, 6) is 0.622. The monoisotopic (exact) mass is 174 g/mol. The van der Waals surface area contributed by atoms with Crippen molar-refractivity contribution in [2.24, 2.45) is 0 Å². The maximum Gasteiger partial charge on any atom is 0.213 e. The van der Waals surface area contributed by atoms with Crippen molar-refractivity contribution in [3.8, 4) is 5.88 Å². The molecular weight excluding hydrogens is 164 g/mol. The van der Waals surface area contributed by atoms with Crippen molar-refractivity contribution in [2.45, 2.75) is 0 Å². The quantitative estimate of drug-likeness (QED) is 0.671. The van der Waals surface area contributed by atoms with Crippen LogP contribution in [0.4, 0.5) is 5.69 Å². The number of hydrogen-bond acceptors (Lipinski definition) is 3. The Kier molecular flexibility index (Phi) is 1.77. The van der Waals surface area contributed by atoms with Gasteiger partial charge in [0.15, 0.2) is 0 Å². The minimum Gasteiger partial charge on any atom is -0.481 e. The van der Waals surface area contributed by atoms with E-state index in [4.69, 9.17) is 10.5 Å². The van der Waals surface area contributed by atoms with Crippen molar-refractivity contribution >= 4 is 16.5 Å². The topological polar surface area (TPSA) is 48.1 Å². The predicted octanol–water partition coefficient (Wildman–Crippen LogP) is 1.83. The van der Waals surface area contributed by atoms with E-state index in [2.05, 4.69) is 4.98 Å². The molecule has 1 heterocycles. The summed E-state index contributed by atoms with van der Waals surface area (Å²) in [5, 5.41) is 2.11. The van der Waals surface area contributed by atoms with Gasteiger partial charge in [-0.25, -0.2) is 4.98 Å². The lowest BCUT2D eigenvalue weighted by Crippen LogP contribution is -1.88. The molecule has 2 N–H and O–H groups in total. The molecule has 0 fully saturated rings. The van der Waals surface area contributed by atoms with E-state index in [9.17, 15) is 0 Å². The van der Waals surface area contributed by atoms with Gasteiger partial charge in [-0.05, 0) is 17.5 Å². The van der Waals surface area contributed by atoms with Gasteiger partial charge in [0.1, 0.15) is 0 Å². The summed E-state index contributed by atoms with van der Waals surface area (Å²) >= 11 is 0. The highest BCUT2D eigenvalue weighted by Crippen LogP contribution is 2.19. The summed E-state index contributed by atoms with van der Waals surface area (Å²) in [7, 11) is 1.60. The molecule has 66 valence electrons. The van der Waals surface area contributed by atoms with E-state index in [-0.39, 0.29) is 0 Å². The number of nitrogen functional groups attached to an aromatic ring is 1. The molecule has 0 aliphatic heterocycles. The van der Waals surface area contributed by atoms with E-state index in [0.717, 1.165) is 16.5 Å². The number of rotatable bonds is 1. The van der Waals surface area contributed by atoms with Gasteiger partial charge in [0.2, 0.25) is 5.88 Å². The molecule has 0 amide bonds. The van der Waals surface area contributed by atoms with Crippen LogP contribution < -0.4 is 10.5 Å². The standard InChI is InChI=1S/C10H10N2O/c1-13-10-5-7-2-3-9(11)4-8(7)6-12-10/h2-6H,11H2,1H3. The summed E-state index contributed by atoms with van der Waals surface area (Å²) in [4.78, 5) is 4.09. The minimum absolute atomic E-state index is 0.622. The van der Waals surface area contributed by atoms with E-state index >= 15 is 0 Å². The second-order valence-electron chi connectivity index (χ2n) is 2.83. The number of hydrogen-bond donors (Lipinski definition) is 1. The first-order valence-electron chi connectivity index (χ1n) is 3.99.